The number of aryl methyl sites for hydroxylation is 1. The average Bonchev–Trinajstić information content (AvgIpc) is 2.49. The van der Waals surface area contributed by atoms with Crippen molar-refractivity contribution in [3.63, 3.8) is 0 Å². The van der Waals surface area contributed by atoms with E-state index in [2.05, 4.69) is 4.98 Å². The number of hydrogen-bond acceptors (Lipinski definition) is 4. The van der Waals surface area contributed by atoms with Gasteiger partial charge in [0.1, 0.15) is 0 Å². The maximum atomic E-state index is 8.96. The second kappa shape index (κ2) is 3.10. The maximum absolute atomic E-state index is 8.96. The Kier molecular flexibility index (Phi) is 2.07. The van der Waals surface area contributed by atoms with Gasteiger partial charge in [0.05, 0.1) is 0 Å². The molecule has 13 heavy (non-hydrogen) atoms. The highest BCUT2D eigenvalue weighted by molar-refractivity contribution is 7.28. The number of rotatable bonds is 1. The molecule has 2 aromatic heterocycles. The minimum absolute atomic E-state index is 0.561. The smallest absolute Gasteiger partial charge is 0.423 e. The molecule has 0 aliphatic heterocycles. The zero-order chi connectivity index (χ0) is 9.42. The van der Waals surface area contributed by atoms with Gasteiger partial charge in [-0.05, 0) is 18.6 Å². The van der Waals surface area contributed by atoms with Crippen LogP contribution in [0.1, 0.15) is 5.56 Å². The minimum atomic E-state index is -1.38. The van der Waals surface area contributed by atoms with E-state index < -0.39 is 7.12 Å². The Morgan fingerprint density at radius 2 is 2.15 bits per heavy atom. The second-order valence-corrected chi connectivity index (χ2v) is 3.98. The van der Waals surface area contributed by atoms with Crippen LogP contribution in [-0.4, -0.2) is 22.2 Å². The summed E-state index contributed by atoms with van der Waals surface area (Å²) in [6.45, 7) is 1.96. The van der Waals surface area contributed by atoms with Crippen molar-refractivity contribution in [2.75, 3.05) is 0 Å². The Labute approximate surface area is 79.8 Å². The van der Waals surface area contributed by atoms with Gasteiger partial charge in [0.25, 0.3) is 0 Å². The summed E-state index contributed by atoms with van der Waals surface area (Å²) >= 11 is 1.39. The van der Waals surface area contributed by atoms with E-state index in [4.69, 9.17) is 10.0 Å². The van der Waals surface area contributed by atoms with Crippen LogP contribution in [0.3, 0.4) is 0 Å². The van der Waals surface area contributed by atoms with E-state index in [0.29, 0.717) is 4.78 Å². The van der Waals surface area contributed by atoms with E-state index in [1.54, 1.807) is 18.5 Å². The first-order valence-electron chi connectivity index (χ1n) is 3.88. The molecule has 0 amide bonds. The highest BCUT2D eigenvalue weighted by atomic mass is 32.1. The molecule has 0 fully saturated rings. The van der Waals surface area contributed by atoms with E-state index >= 15 is 0 Å². The number of thiophene rings is 1. The normalized spacial score (nSPS) is 10.7. The molecule has 0 aliphatic carbocycles. The molecule has 0 unspecified atom stereocenters. The summed E-state index contributed by atoms with van der Waals surface area (Å²) < 4.78 is 1.63. The van der Waals surface area contributed by atoms with Crippen LogP contribution in [-0.2, 0) is 0 Å². The van der Waals surface area contributed by atoms with Crippen LogP contribution in [0.15, 0.2) is 18.5 Å². The molecule has 0 aliphatic rings. The summed E-state index contributed by atoms with van der Waals surface area (Å²) in [5.41, 5.74) is 1.06. The number of fused-ring (bicyclic) bond motifs is 1. The van der Waals surface area contributed by atoms with Crippen LogP contribution >= 0.6 is 11.3 Å². The van der Waals surface area contributed by atoms with Crippen molar-refractivity contribution in [2.45, 2.75) is 6.92 Å². The van der Waals surface area contributed by atoms with E-state index in [-0.39, 0.29) is 0 Å². The van der Waals surface area contributed by atoms with E-state index in [1.165, 1.54) is 11.3 Å². The summed E-state index contributed by atoms with van der Waals surface area (Å²) in [6.07, 6.45) is 3.50. The van der Waals surface area contributed by atoms with E-state index in [9.17, 15) is 0 Å². The fourth-order valence-corrected chi connectivity index (χ4v) is 2.21. The Hall–Kier alpha value is -0.905. The first kappa shape index (κ1) is 8.68. The Bertz CT molecular complexity index is 441. The van der Waals surface area contributed by atoms with E-state index in [1.807, 2.05) is 6.92 Å². The monoisotopic (exact) mass is 193 g/mol. The van der Waals surface area contributed by atoms with Crippen LogP contribution < -0.4 is 4.78 Å². The van der Waals surface area contributed by atoms with Gasteiger partial charge in [-0.2, -0.15) is 0 Å². The van der Waals surface area contributed by atoms with Crippen LogP contribution in [0.25, 0.3) is 10.1 Å². The highest BCUT2D eigenvalue weighted by Gasteiger charge is 2.15. The summed E-state index contributed by atoms with van der Waals surface area (Å²) in [7, 11) is -1.38. The molecule has 0 saturated heterocycles. The fraction of sp³-hybridized carbons (Fsp3) is 0.125. The molecule has 0 bridgehead atoms. The predicted octanol–water partition coefficient (Wildman–Crippen LogP) is 0.285. The van der Waals surface area contributed by atoms with E-state index in [0.717, 1.165) is 15.6 Å². The lowest BCUT2D eigenvalue weighted by Gasteiger charge is -1.91. The third-order valence-corrected chi connectivity index (χ3v) is 3.20. The van der Waals surface area contributed by atoms with Crippen molar-refractivity contribution < 1.29 is 10.0 Å². The lowest BCUT2D eigenvalue weighted by Crippen LogP contribution is -2.26. The number of nitrogens with zero attached hydrogens (tertiary/aromatic N) is 1. The third-order valence-electron chi connectivity index (χ3n) is 1.87. The summed E-state index contributed by atoms with van der Waals surface area (Å²) in [4.78, 5) is 4.03. The molecule has 2 rings (SSSR count). The lowest BCUT2D eigenvalue weighted by atomic mass is 9.89. The first-order valence-corrected chi connectivity index (χ1v) is 4.70. The number of pyridine rings is 1. The lowest BCUT2D eigenvalue weighted by molar-refractivity contribution is 0.427. The molecular weight excluding hydrogens is 185 g/mol. The van der Waals surface area contributed by atoms with Crippen LogP contribution in [0.2, 0.25) is 0 Å². The Balaban J connectivity index is 2.68. The number of aromatic nitrogens is 1. The fourth-order valence-electron chi connectivity index (χ4n) is 1.24. The van der Waals surface area contributed by atoms with Crippen LogP contribution in [0, 0.1) is 6.92 Å². The average molecular weight is 193 g/mol. The highest BCUT2D eigenvalue weighted by Crippen LogP contribution is 2.21. The zero-order valence-corrected chi connectivity index (χ0v) is 7.88. The minimum Gasteiger partial charge on any atom is -0.423 e. The van der Waals surface area contributed by atoms with Gasteiger partial charge in [-0.3, -0.25) is 4.98 Å². The summed E-state index contributed by atoms with van der Waals surface area (Å²) in [6, 6.07) is 1.75. The molecule has 66 valence electrons. The van der Waals surface area contributed by atoms with Crippen molar-refractivity contribution in [1.29, 1.82) is 0 Å². The third kappa shape index (κ3) is 1.46. The van der Waals surface area contributed by atoms with Crippen molar-refractivity contribution in [3.8, 4) is 0 Å². The zero-order valence-electron chi connectivity index (χ0n) is 7.06. The van der Waals surface area contributed by atoms with Crippen molar-refractivity contribution in [2.24, 2.45) is 0 Å². The van der Waals surface area contributed by atoms with Crippen LogP contribution in [0.4, 0.5) is 0 Å². The van der Waals surface area contributed by atoms with Gasteiger partial charge in [-0.15, -0.1) is 11.3 Å². The molecule has 0 aromatic carbocycles. The number of hydrogen-bond donors (Lipinski definition) is 2. The topological polar surface area (TPSA) is 53.4 Å². The van der Waals surface area contributed by atoms with Gasteiger partial charge >= 0.3 is 7.12 Å². The van der Waals surface area contributed by atoms with Gasteiger partial charge in [0.15, 0.2) is 0 Å². The molecule has 2 heterocycles. The van der Waals surface area contributed by atoms with Gasteiger partial charge in [0, 0.05) is 27.3 Å². The molecular formula is C8H8BNO2S. The Morgan fingerprint density at radius 1 is 1.38 bits per heavy atom. The van der Waals surface area contributed by atoms with Crippen molar-refractivity contribution in [3.05, 3.63) is 24.0 Å². The van der Waals surface area contributed by atoms with Crippen LogP contribution in [0.5, 0.6) is 0 Å². The molecule has 2 aromatic rings. The maximum Gasteiger partial charge on any atom is 0.499 e. The largest absolute Gasteiger partial charge is 0.499 e. The SMILES string of the molecule is Cc1cncc2cc(B(O)O)sc12. The standard InChI is InChI=1S/C8H8BNO2S/c1-5-3-10-4-6-2-7(9(11)12)13-8(5)6/h2-4,11-12H,1H3. The molecule has 2 N–H and O–H groups in total. The quantitative estimate of drug-likeness (QED) is 0.639. The van der Waals surface area contributed by atoms with Gasteiger partial charge in [-0.1, -0.05) is 0 Å². The second-order valence-electron chi connectivity index (χ2n) is 2.90. The molecule has 0 spiro atoms. The summed E-state index contributed by atoms with van der Waals surface area (Å²) in [5, 5.41) is 18.9. The Morgan fingerprint density at radius 3 is 2.77 bits per heavy atom. The van der Waals surface area contributed by atoms with Gasteiger partial charge < -0.3 is 10.0 Å². The molecule has 3 nitrogen and oxygen atoms in total. The molecule has 0 atom stereocenters. The molecule has 5 heteroatoms. The van der Waals surface area contributed by atoms with Gasteiger partial charge in [-0.25, -0.2) is 0 Å². The van der Waals surface area contributed by atoms with Crippen molar-refractivity contribution in [1.82, 2.24) is 4.98 Å². The summed E-state index contributed by atoms with van der Waals surface area (Å²) in [5.74, 6) is 0. The van der Waals surface area contributed by atoms with Gasteiger partial charge in [0.2, 0.25) is 0 Å². The predicted molar refractivity (Wildman–Crippen MR) is 54.2 cm³/mol. The first-order chi connectivity index (χ1) is 6.18. The molecule has 0 radical (unpaired) electrons. The van der Waals surface area contributed by atoms with Crippen molar-refractivity contribution >= 4 is 33.3 Å². The molecule has 0 saturated carbocycles.